The predicted octanol–water partition coefficient (Wildman–Crippen LogP) is 5.50. The standard InChI is InChI=1S/C24H20ClFN4O3/c25-18-11-19-22(30-24(28-19)33-17-8-5-15(6-9-17)23(31)32)29-21(18)14-3-1-13(2-4-14)16-7-10-20(26)27-12-16/h1-4,7,10-12,15,17H,5-6,8-9H2,(H,31,32)(H,28,29,30)/t15-,17-. The molecule has 0 unspecified atom stereocenters. The maximum atomic E-state index is 13.1. The fourth-order valence-electron chi connectivity index (χ4n) is 4.11. The van der Waals surface area contributed by atoms with Crippen molar-refractivity contribution in [2.24, 2.45) is 5.92 Å². The molecule has 1 saturated carbocycles. The van der Waals surface area contributed by atoms with Crippen LogP contribution < -0.4 is 4.74 Å². The van der Waals surface area contributed by atoms with Gasteiger partial charge in [-0.05, 0) is 49.4 Å². The Morgan fingerprint density at radius 1 is 1.03 bits per heavy atom. The third-order valence-electron chi connectivity index (χ3n) is 5.93. The van der Waals surface area contributed by atoms with E-state index in [1.54, 1.807) is 12.1 Å². The maximum Gasteiger partial charge on any atom is 0.306 e. The molecule has 0 saturated heterocycles. The van der Waals surface area contributed by atoms with E-state index in [-0.39, 0.29) is 12.0 Å². The quantitative estimate of drug-likeness (QED) is 0.376. The summed E-state index contributed by atoms with van der Waals surface area (Å²) < 4.78 is 19.0. The van der Waals surface area contributed by atoms with Crippen LogP contribution in [0.5, 0.6) is 6.01 Å². The number of rotatable bonds is 5. The Balaban J connectivity index is 1.35. The highest BCUT2D eigenvalue weighted by atomic mass is 35.5. The number of hydrogen-bond donors (Lipinski definition) is 2. The molecule has 1 aliphatic rings. The van der Waals surface area contributed by atoms with E-state index in [0.717, 1.165) is 16.7 Å². The summed E-state index contributed by atoms with van der Waals surface area (Å²) in [5.74, 6) is -1.56. The van der Waals surface area contributed by atoms with E-state index >= 15 is 0 Å². The highest BCUT2D eigenvalue weighted by Crippen LogP contribution is 2.32. The minimum atomic E-state index is -0.745. The van der Waals surface area contributed by atoms with E-state index in [0.29, 0.717) is 53.6 Å². The number of halogens is 2. The lowest BCUT2D eigenvalue weighted by molar-refractivity contribution is -0.143. The zero-order chi connectivity index (χ0) is 22.9. The van der Waals surface area contributed by atoms with Gasteiger partial charge in [-0.25, -0.2) is 9.97 Å². The van der Waals surface area contributed by atoms with Crippen molar-refractivity contribution < 1.29 is 19.0 Å². The van der Waals surface area contributed by atoms with Crippen molar-refractivity contribution in [3.05, 3.63) is 59.6 Å². The van der Waals surface area contributed by atoms with Gasteiger partial charge < -0.3 is 14.8 Å². The summed E-state index contributed by atoms with van der Waals surface area (Å²) >= 11 is 6.50. The van der Waals surface area contributed by atoms with Crippen LogP contribution >= 0.6 is 11.6 Å². The molecule has 0 bridgehead atoms. The van der Waals surface area contributed by atoms with Gasteiger partial charge in [0, 0.05) is 17.3 Å². The Morgan fingerprint density at radius 3 is 2.39 bits per heavy atom. The zero-order valence-electron chi connectivity index (χ0n) is 17.5. The second-order valence-corrected chi connectivity index (χ2v) is 8.52. The number of imidazole rings is 1. The van der Waals surface area contributed by atoms with E-state index in [1.807, 2.05) is 24.3 Å². The van der Waals surface area contributed by atoms with Crippen LogP contribution in [-0.4, -0.2) is 37.1 Å². The first-order valence-corrected chi connectivity index (χ1v) is 11.0. The molecule has 2 N–H and O–H groups in total. The second-order valence-electron chi connectivity index (χ2n) is 8.11. The van der Waals surface area contributed by atoms with Crippen LogP contribution in [0.15, 0.2) is 48.7 Å². The lowest BCUT2D eigenvalue weighted by Gasteiger charge is -2.25. The molecule has 1 aromatic carbocycles. The number of carboxylic acid groups (broad SMARTS) is 1. The average molecular weight is 467 g/mol. The van der Waals surface area contributed by atoms with E-state index in [4.69, 9.17) is 21.4 Å². The van der Waals surface area contributed by atoms with E-state index in [2.05, 4.69) is 19.9 Å². The van der Waals surface area contributed by atoms with Crippen LogP contribution in [0.1, 0.15) is 25.7 Å². The van der Waals surface area contributed by atoms with E-state index < -0.39 is 11.9 Å². The minimum Gasteiger partial charge on any atom is -0.481 e. The van der Waals surface area contributed by atoms with Crippen molar-refractivity contribution in [3.63, 3.8) is 0 Å². The van der Waals surface area contributed by atoms with Crippen LogP contribution in [0.3, 0.4) is 0 Å². The molecule has 9 heteroatoms. The topological polar surface area (TPSA) is 101 Å². The minimum absolute atomic E-state index is 0.0791. The monoisotopic (exact) mass is 466 g/mol. The van der Waals surface area contributed by atoms with Crippen LogP contribution in [0.4, 0.5) is 4.39 Å². The van der Waals surface area contributed by atoms with Crippen molar-refractivity contribution in [3.8, 4) is 28.4 Å². The fourth-order valence-corrected chi connectivity index (χ4v) is 4.37. The summed E-state index contributed by atoms with van der Waals surface area (Å²) in [6, 6.07) is 12.7. The van der Waals surface area contributed by atoms with E-state index in [1.165, 1.54) is 12.3 Å². The number of fused-ring (bicyclic) bond motifs is 1. The van der Waals surface area contributed by atoms with Gasteiger partial charge in [0.2, 0.25) is 5.95 Å². The first kappa shape index (κ1) is 21.3. The van der Waals surface area contributed by atoms with Crippen LogP contribution in [-0.2, 0) is 4.79 Å². The molecule has 0 amide bonds. The Bertz CT molecular complexity index is 1300. The van der Waals surface area contributed by atoms with Crippen LogP contribution in [0.25, 0.3) is 33.5 Å². The van der Waals surface area contributed by atoms with Gasteiger partial charge in [-0.2, -0.15) is 9.37 Å². The number of nitrogens with zero attached hydrogens (tertiary/aromatic N) is 3. The Kier molecular flexibility index (Phi) is 5.68. The molecular weight excluding hydrogens is 447 g/mol. The van der Waals surface area contributed by atoms with E-state index in [9.17, 15) is 9.18 Å². The second kappa shape index (κ2) is 8.78. The van der Waals surface area contributed by atoms with Crippen LogP contribution in [0, 0.1) is 11.9 Å². The predicted molar refractivity (Wildman–Crippen MR) is 122 cm³/mol. The normalized spacial score (nSPS) is 18.4. The van der Waals surface area contributed by atoms with Gasteiger partial charge in [0.25, 0.3) is 6.01 Å². The van der Waals surface area contributed by atoms with Gasteiger partial charge in [0.1, 0.15) is 6.10 Å². The van der Waals surface area contributed by atoms with Gasteiger partial charge in [-0.3, -0.25) is 4.79 Å². The summed E-state index contributed by atoms with van der Waals surface area (Å²) in [6.07, 6.45) is 3.94. The van der Waals surface area contributed by atoms with Gasteiger partial charge in [-0.15, -0.1) is 0 Å². The maximum absolute atomic E-state index is 13.1. The molecule has 33 heavy (non-hydrogen) atoms. The number of nitrogens with one attached hydrogen (secondary N) is 1. The molecule has 4 aromatic rings. The number of carboxylic acids is 1. The summed E-state index contributed by atoms with van der Waals surface area (Å²) in [4.78, 5) is 27.0. The SMILES string of the molecule is O=C(O)[C@H]1CC[C@H](Oc2nc3nc(-c4ccc(-c5ccc(F)nc5)cc4)c(Cl)cc3[nH]2)CC1. The van der Waals surface area contributed by atoms with Gasteiger partial charge >= 0.3 is 5.97 Å². The number of H-pyrrole nitrogens is 1. The van der Waals surface area contributed by atoms with Crippen molar-refractivity contribution in [2.75, 3.05) is 0 Å². The Labute approximate surface area is 193 Å². The van der Waals surface area contributed by atoms with Gasteiger partial charge in [-0.1, -0.05) is 35.9 Å². The molecule has 0 spiro atoms. The summed E-state index contributed by atoms with van der Waals surface area (Å²) in [6.45, 7) is 0. The number of benzene rings is 1. The van der Waals surface area contributed by atoms with Crippen molar-refractivity contribution in [1.82, 2.24) is 19.9 Å². The summed E-state index contributed by atoms with van der Waals surface area (Å²) in [5, 5.41) is 9.61. The molecule has 7 nitrogen and oxygen atoms in total. The molecule has 0 aliphatic heterocycles. The molecule has 3 aromatic heterocycles. The first-order chi connectivity index (χ1) is 16.0. The Morgan fingerprint density at radius 2 is 1.73 bits per heavy atom. The number of hydrogen-bond acceptors (Lipinski definition) is 5. The smallest absolute Gasteiger partial charge is 0.306 e. The number of aromatic amines is 1. The average Bonchev–Trinajstić information content (AvgIpc) is 3.20. The first-order valence-electron chi connectivity index (χ1n) is 10.6. The Hall–Kier alpha value is -3.52. The van der Waals surface area contributed by atoms with Gasteiger partial charge in [0.05, 0.1) is 22.2 Å². The molecule has 0 radical (unpaired) electrons. The fraction of sp³-hybridized carbons (Fsp3) is 0.250. The third-order valence-corrected chi connectivity index (χ3v) is 6.21. The van der Waals surface area contributed by atoms with Crippen molar-refractivity contribution in [1.29, 1.82) is 0 Å². The van der Waals surface area contributed by atoms with Gasteiger partial charge in [0.15, 0.2) is 5.65 Å². The van der Waals surface area contributed by atoms with Crippen molar-refractivity contribution in [2.45, 2.75) is 31.8 Å². The summed E-state index contributed by atoms with van der Waals surface area (Å²) in [5.41, 5.74) is 4.26. The lowest BCUT2D eigenvalue weighted by atomic mass is 9.87. The lowest BCUT2D eigenvalue weighted by Crippen LogP contribution is -2.28. The largest absolute Gasteiger partial charge is 0.481 e. The highest BCUT2D eigenvalue weighted by molar-refractivity contribution is 6.33. The molecular formula is C24H20ClFN4O3. The summed E-state index contributed by atoms with van der Waals surface area (Å²) in [7, 11) is 0. The number of carbonyl (C=O) groups is 1. The molecule has 5 rings (SSSR count). The third kappa shape index (κ3) is 4.52. The molecule has 1 aliphatic carbocycles. The highest BCUT2D eigenvalue weighted by Gasteiger charge is 2.27. The molecule has 1 fully saturated rings. The molecule has 168 valence electrons. The number of pyridine rings is 2. The number of aromatic nitrogens is 4. The van der Waals surface area contributed by atoms with Crippen molar-refractivity contribution >= 4 is 28.7 Å². The number of ether oxygens (including phenoxy) is 1. The van der Waals surface area contributed by atoms with Crippen LogP contribution in [0.2, 0.25) is 5.02 Å². The molecule has 3 heterocycles. The zero-order valence-corrected chi connectivity index (χ0v) is 18.2. The number of aliphatic carboxylic acids is 1. The molecule has 0 atom stereocenters.